The Balaban J connectivity index is 1.05. The molecule has 0 amide bonds. The minimum Gasteiger partial charge on any atom is -0.508 e. The van der Waals surface area contributed by atoms with Gasteiger partial charge in [-0.15, -0.1) is 0 Å². The summed E-state index contributed by atoms with van der Waals surface area (Å²) in [6.45, 7) is 0. The highest BCUT2D eigenvalue weighted by molar-refractivity contribution is 5.59. The molecular formula is C56H50O16. The second kappa shape index (κ2) is 18.7. The monoisotopic (exact) mass is 978 g/mol. The van der Waals surface area contributed by atoms with Gasteiger partial charge in [0.05, 0.1) is 6.10 Å². The number of allylic oxidation sites excluding steroid dienone is 1. The number of aromatic hydroxyl groups is 14. The van der Waals surface area contributed by atoms with Crippen LogP contribution < -0.4 is 0 Å². The Morgan fingerprint density at radius 2 is 0.417 bits per heavy atom. The predicted molar refractivity (Wildman–Crippen MR) is 261 cm³/mol. The highest BCUT2D eigenvalue weighted by atomic mass is 16.3. The third-order valence-electron chi connectivity index (χ3n) is 13.6. The zero-order valence-corrected chi connectivity index (χ0v) is 38.2. The van der Waals surface area contributed by atoms with Crippen LogP contribution in [0, 0.1) is 5.92 Å². The van der Waals surface area contributed by atoms with E-state index >= 15 is 0 Å². The number of aliphatic hydroxyl groups excluding tert-OH is 2. The van der Waals surface area contributed by atoms with Crippen LogP contribution in [0.2, 0.25) is 0 Å². The van der Waals surface area contributed by atoms with Crippen molar-refractivity contribution < 1.29 is 81.7 Å². The second-order valence-electron chi connectivity index (χ2n) is 18.6. The molecule has 0 aromatic heterocycles. The van der Waals surface area contributed by atoms with Gasteiger partial charge in [-0.3, -0.25) is 0 Å². The highest BCUT2D eigenvalue weighted by Crippen LogP contribution is 2.42. The molecule has 7 aromatic rings. The SMILES string of the molecule is OC1=CC2Cc3cc(O)c(cc3O)Cc3cc(O)c(cc3O)Cc3cc(O)c(cc3O)Cc3cc(O)c(cc3O)Cc3cc(O)c(cc3O)Cc3cc(O)c(cc3O)Cc3cc(O)c(cc3O)CC1=CC2O. The molecule has 370 valence electrons. The first-order valence-corrected chi connectivity index (χ1v) is 22.7. The van der Waals surface area contributed by atoms with E-state index in [0.717, 1.165) is 0 Å². The lowest BCUT2D eigenvalue weighted by Gasteiger charge is -2.25. The average molecular weight is 979 g/mol. The molecule has 30 rings (SSSR count). The molecule has 0 saturated carbocycles. The van der Waals surface area contributed by atoms with Gasteiger partial charge in [0.25, 0.3) is 0 Å². The fraction of sp³-hybridized carbons (Fsp3) is 0.179. The van der Waals surface area contributed by atoms with Crippen LogP contribution in [0.3, 0.4) is 0 Å². The Kier molecular flexibility index (Phi) is 12.5. The molecular weight excluding hydrogens is 929 g/mol. The maximum Gasteiger partial charge on any atom is 0.119 e. The molecule has 0 spiro atoms. The van der Waals surface area contributed by atoms with Crippen molar-refractivity contribution >= 4 is 0 Å². The van der Waals surface area contributed by atoms with Gasteiger partial charge in [-0.1, -0.05) is 0 Å². The first-order chi connectivity index (χ1) is 34.2. The van der Waals surface area contributed by atoms with Gasteiger partial charge >= 0.3 is 0 Å². The molecule has 23 aliphatic carbocycles. The van der Waals surface area contributed by atoms with E-state index in [-0.39, 0.29) is 221 Å². The predicted octanol–water partition coefficient (Wildman–Crippen LogP) is 7.57. The summed E-state index contributed by atoms with van der Waals surface area (Å²) in [7, 11) is 0. The Labute approximate surface area is 410 Å². The summed E-state index contributed by atoms with van der Waals surface area (Å²) in [6, 6.07) is 17.7. The zero-order chi connectivity index (χ0) is 51.4. The third-order valence-corrected chi connectivity index (χ3v) is 13.6. The van der Waals surface area contributed by atoms with Gasteiger partial charge in [-0.05, 0) is 115 Å². The van der Waals surface area contributed by atoms with Crippen molar-refractivity contribution in [2.75, 3.05) is 0 Å². The molecule has 0 aliphatic heterocycles. The van der Waals surface area contributed by atoms with Crippen LogP contribution in [0.15, 0.2) is 108 Å². The van der Waals surface area contributed by atoms with Crippen LogP contribution in [0.1, 0.15) is 77.9 Å². The van der Waals surface area contributed by atoms with Gasteiger partial charge in [-0.2, -0.15) is 0 Å². The average Bonchev–Trinajstić information content (AvgIpc) is 3.30. The van der Waals surface area contributed by atoms with Gasteiger partial charge in [-0.25, -0.2) is 0 Å². The standard InChI is InChI=1S/C56H50O16/c57-41-11-27-2-29-13-47(63)31(15-45(29)61)4-33-17-51(67)35(19-49(33)65)6-37-21-55(71)39(23-53(37)69)8-40-24-54(70)38(22-56(40)72)7-36-20-50(66)34(18-52(36)68)5-32-16-46(62)30(14-48(32)64)3-28-12-42(58)26(10-44(28)60)1-25(41)9-43(27)59/h9-25,41,57-72H,1-8H2. The first kappa shape index (κ1) is 48.0. The van der Waals surface area contributed by atoms with Crippen molar-refractivity contribution in [1.82, 2.24) is 0 Å². The summed E-state index contributed by atoms with van der Waals surface area (Å²) >= 11 is 0. The summed E-state index contributed by atoms with van der Waals surface area (Å²) in [5.74, 6) is -5.04. The lowest BCUT2D eigenvalue weighted by atomic mass is 9.85. The Bertz CT molecular complexity index is 3410. The molecule has 2 unspecified atom stereocenters. The van der Waals surface area contributed by atoms with Crippen molar-refractivity contribution in [3.63, 3.8) is 0 Å². The van der Waals surface area contributed by atoms with E-state index in [1.165, 1.54) is 97.1 Å². The van der Waals surface area contributed by atoms with Crippen molar-refractivity contribution in [2.45, 2.75) is 57.5 Å². The van der Waals surface area contributed by atoms with E-state index in [0.29, 0.717) is 0 Å². The van der Waals surface area contributed by atoms with Gasteiger partial charge in [0.1, 0.15) is 86.3 Å². The van der Waals surface area contributed by atoms with Crippen molar-refractivity contribution in [2.24, 2.45) is 5.92 Å². The van der Waals surface area contributed by atoms with Gasteiger partial charge in [0.15, 0.2) is 0 Å². The minimum atomic E-state index is -1.20. The number of phenols is 14. The summed E-state index contributed by atoms with van der Waals surface area (Å²) in [5.41, 5.74) is 2.62. The minimum absolute atomic E-state index is 0.0405. The largest absolute Gasteiger partial charge is 0.508 e. The van der Waals surface area contributed by atoms with E-state index in [9.17, 15) is 81.7 Å². The van der Waals surface area contributed by atoms with E-state index < -0.39 is 12.0 Å². The number of rotatable bonds is 0. The van der Waals surface area contributed by atoms with Crippen LogP contribution in [0.4, 0.5) is 0 Å². The molecule has 0 fully saturated rings. The fourth-order valence-electron chi connectivity index (χ4n) is 9.49. The summed E-state index contributed by atoms with van der Waals surface area (Å²) in [6.07, 6.45) is 0.451. The molecule has 16 heteroatoms. The van der Waals surface area contributed by atoms with Gasteiger partial charge < -0.3 is 81.7 Å². The molecule has 0 radical (unpaired) electrons. The molecule has 7 aromatic carbocycles. The van der Waals surface area contributed by atoms with Crippen molar-refractivity contribution in [1.29, 1.82) is 0 Å². The zero-order valence-electron chi connectivity index (χ0n) is 38.2. The molecule has 23 aliphatic rings. The fourth-order valence-corrected chi connectivity index (χ4v) is 9.49. The van der Waals surface area contributed by atoms with E-state index in [2.05, 4.69) is 0 Å². The number of benzene rings is 7. The molecule has 16 N–H and O–H groups in total. The Morgan fingerprint density at radius 1 is 0.236 bits per heavy atom. The van der Waals surface area contributed by atoms with Crippen LogP contribution in [-0.2, 0) is 51.4 Å². The first-order valence-electron chi connectivity index (χ1n) is 22.7. The highest BCUT2D eigenvalue weighted by Gasteiger charge is 2.27. The van der Waals surface area contributed by atoms with E-state index in [1.54, 1.807) is 0 Å². The molecule has 16 nitrogen and oxygen atoms in total. The van der Waals surface area contributed by atoms with Crippen LogP contribution in [0.25, 0.3) is 0 Å². The molecule has 0 heterocycles. The lowest BCUT2D eigenvalue weighted by Crippen LogP contribution is -2.24. The van der Waals surface area contributed by atoms with Gasteiger partial charge in [0, 0.05) is 123 Å². The molecule has 0 saturated heterocycles. The molecule has 72 heavy (non-hydrogen) atoms. The smallest absolute Gasteiger partial charge is 0.119 e. The normalized spacial score (nSPS) is 16.1. The summed E-state index contributed by atoms with van der Waals surface area (Å²) in [4.78, 5) is 0. The maximum atomic E-state index is 11.2. The third kappa shape index (κ3) is 9.62. The summed E-state index contributed by atoms with van der Waals surface area (Å²) < 4.78 is 0. The van der Waals surface area contributed by atoms with E-state index in [1.807, 2.05) is 0 Å². The van der Waals surface area contributed by atoms with Crippen LogP contribution >= 0.6 is 0 Å². The van der Waals surface area contributed by atoms with Crippen LogP contribution in [-0.4, -0.2) is 87.8 Å². The van der Waals surface area contributed by atoms with E-state index in [4.69, 9.17) is 0 Å². The number of hydrogen-bond acceptors (Lipinski definition) is 16. The Morgan fingerprint density at radius 3 is 0.639 bits per heavy atom. The summed E-state index contributed by atoms with van der Waals surface area (Å²) in [5, 5.41) is 177. The lowest BCUT2D eigenvalue weighted by molar-refractivity contribution is 0.168. The van der Waals surface area contributed by atoms with Crippen LogP contribution in [0.5, 0.6) is 80.5 Å². The topological polar surface area (TPSA) is 324 Å². The van der Waals surface area contributed by atoms with Crippen molar-refractivity contribution in [3.8, 4) is 80.5 Å². The number of phenolic OH excluding ortho intramolecular Hbond substituents is 14. The quantitative estimate of drug-likeness (QED) is 0.0652. The molecule has 16 bridgehead atoms. The second-order valence-corrected chi connectivity index (χ2v) is 18.6. The van der Waals surface area contributed by atoms with Crippen molar-refractivity contribution in [3.05, 3.63) is 186 Å². The Hall–Kier alpha value is -9.02. The molecule has 2 atom stereocenters. The number of aliphatic hydroxyl groups is 2. The van der Waals surface area contributed by atoms with Gasteiger partial charge in [0.2, 0.25) is 0 Å². The maximum absolute atomic E-state index is 11.2. The number of hydrogen-bond donors (Lipinski definition) is 16.